The molecule has 0 fully saturated rings. The van der Waals surface area contributed by atoms with Crippen LogP contribution in [0.1, 0.15) is 0 Å². The summed E-state index contributed by atoms with van der Waals surface area (Å²) in [5.74, 6) is -1.74. The molecule has 0 aliphatic rings. The van der Waals surface area contributed by atoms with E-state index in [9.17, 15) is 8.78 Å². The summed E-state index contributed by atoms with van der Waals surface area (Å²) in [4.78, 5) is 7.55. The van der Waals surface area contributed by atoms with Crippen LogP contribution >= 0.6 is 0 Å². The van der Waals surface area contributed by atoms with E-state index in [1.165, 1.54) is 18.5 Å². The maximum absolute atomic E-state index is 12.8. The summed E-state index contributed by atoms with van der Waals surface area (Å²) < 4.78 is 30.4. The third-order valence-electron chi connectivity index (χ3n) is 1.64. The number of hydrogen-bond donors (Lipinski definition) is 0. The van der Waals surface area contributed by atoms with Gasteiger partial charge in [0.15, 0.2) is 11.6 Å². The van der Waals surface area contributed by atoms with E-state index in [1.807, 2.05) is 0 Å². The molecule has 1 aromatic heterocycles. The van der Waals surface area contributed by atoms with E-state index in [2.05, 4.69) is 9.97 Å². The van der Waals surface area contributed by atoms with E-state index in [4.69, 9.17) is 4.74 Å². The van der Waals surface area contributed by atoms with Gasteiger partial charge in [-0.1, -0.05) is 0 Å². The molecule has 0 spiro atoms. The van der Waals surface area contributed by atoms with Crippen molar-refractivity contribution in [2.75, 3.05) is 0 Å². The summed E-state index contributed by atoms with van der Waals surface area (Å²) >= 11 is 0. The second-order valence-corrected chi connectivity index (χ2v) is 2.71. The van der Waals surface area contributed by atoms with Gasteiger partial charge >= 0.3 is 6.01 Å². The molecule has 0 unspecified atom stereocenters. The van der Waals surface area contributed by atoms with Crippen LogP contribution in [0.15, 0.2) is 36.7 Å². The van der Waals surface area contributed by atoms with Crippen molar-refractivity contribution in [1.82, 2.24) is 9.97 Å². The third kappa shape index (κ3) is 2.25. The summed E-state index contributed by atoms with van der Waals surface area (Å²) in [5.41, 5.74) is 0. The third-order valence-corrected chi connectivity index (χ3v) is 1.64. The van der Waals surface area contributed by atoms with Crippen LogP contribution in [0, 0.1) is 11.6 Å². The minimum atomic E-state index is -0.969. The molecule has 2 rings (SSSR count). The van der Waals surface area contributed by atoms with Gasteiger partial charge in [-0.05, 0) is 18.2 Å². The van der Waals surface area contributed by atoms with Gasteiger partial charge in [0.1, 0.15) is 5.75 Å². The van der Waals surface area contributed by atoms with E-state index in [-0.39, 0.29) is 11.8 Å². The highest BCUT2D eigenvalue weighted by molar-refractivity contribution is 5.25. The maximum Gasteiger partial charge on any atom is 0.321 e. The van der Waals surface area contributed by atoms with Crippen LogP contribution in [0.25, 0.3) is 0 Å². The zero-order valence-electron chi connectivity index (χ0n) is 7.52. The van der Waals surface area contributed by atoms with E-state index >= 15 is 0 Å². The van der Waals surface area contributed by atoms with Crippen molar-refractivity contribution in [1.29, 1.82) is 0 Å². The van der Waals surface area contributed by atoms with Crippen molar-refractivity contribution in [2.24, 2.45) is 0 Å². The average molecular weight is 208 g/mol. The van der Waals surface area contributed by atoms with E-state index < -0.39 is 11.6 Å². The molecule has 0 N–H and O–H groups in total. The first kappa shape index (κ1) is 9.51. The van der Waals surface area contributed by atoms with Crippen molar-refractivity contribution in [3.8, 4) is 11.8 Å². The van der Waals surface area contributed by atoms with Crippen LogP contribution in [-0.2, 0) is 0 Å². The standard InChI is InChI=1S/C10H6F2N2O/c11-8-3-2-7(6-9(8)12)15-10-13-4-1-5-14-10/h1-6H. The fraction of sp³-hybridized carbons (Fsp3) is 0. The van der Waals surface area contributed by atoms with Gasteiger partial charge < -0.3 is 4.74 Å². The largest absolute Gasteiger partial charge is 0.424 e. The number of rotatable bonds is 2. The molecule has 0 aliphatic carbocycles. The summed E-state index contributed by atoms with van der Waals surface area (Å²) in [6, 6.07) is 4.93. The molecule has 3 nitrogen and oxygen atoms in total. The van der Waals surface area contributed by atoms with Crippen molar-refractivity contribution in [3.63, 3.8) is 0 Å². The number of hydrogen-bond acceptors (Lipinski definition) is 3. The molecule has 2 aromatic rings. The lowest BCUT2D eigenvalue weighted by Gasteiger charge is -2.02. The Morgan fingerprint density at radius 2 is 1.73 bits per heavy atom. The second-order valence-electron chi connectivity index (χ2n) is 2.71. The second kappa shape index (κ2) is 4.00. The van der Waals surface area contributed by atoms with Crippen LogP contribution < -0.4 is 4.74 Å². The minimum Gasteiger partial charge on any atom is -0.424 e. The molecule has 5 heteroatoms. The lowest BCUT2D eigenvalue weighted by Crippen LogP contribution is -1.91. The number of benzene rings is 1. The fourth-order valence-corrected chi connectivity index (χ4v) is 0.984. The summed E-state index contributed by atoms with van der Waals surface area (Å²) in [6.07, 6.45) is 2.98. The Kier molecular flexibility index (Phi) is 2.53. The summed E-state index contributed by atoms with van der Waals surface area (Å²) in [6.45, 7) is 0. The molecule has 0 bridgehead atoms. The molecule has 0 amide bonds. The maximum atomic E-state index is 12.8. The minimum absolute atomic E-state index is 0.0866. The Labute approximate surface area is 84.4 Å². The zero-order valence-corrected chi connectivity index (χ0v) is 7.52. The Balaban J connectivity index is 2.22. The fourth-order valence-electron chi connectivity index (χ4n) is 0.984. The summed E-state index contributed by atoms with van der Waals surface area (Å²) in [5, 5.41) is 0. The first-order chi connectivity index (χ1) is 7.25. The van der Waals surface area contributed by atoms with Crippen LogP contribution in [0.2, 0.25) is 0 Å². The van der Waals surface area contributed by atoms with E-state index in [1.54, 1.807) is 6.07 Å². The molecule has 15 heavy (non-hydrogen) atoms. The van der Waals surface area contributed by atoms with Crippen LogP contribution in [-0.4, -0.2) is 9.97 Å². The van der Waals surface area contributed by atoms with Crippen LogP contribution in [0.5, 0.6) is 11.8 Å². The molecular weight excluding hydrogens is 202 g/mol. The van der Waals surface area contributed by atoms with E-state index in [0.717, 1.165) is 12.1 Å². The van der Waals surface area contributed by atoms with Gasteiger partial charge in [-0.2, -0.15) is 0 Å². The number of aromatic nitrogens is 2. The zero-order chi connectivity index (χ0) is 10.7. The average Bonchev–Trinajstić information content (AvgIpc) is 2.25. The smallest absolute Gasteiger partial charge is 0.321 e. The molecular formula is C10H6F2N2O. The molecule has 76 valence electrons. The van der Waals surface area contributed by atoms with Gasteiger partial charge in [0.25, 0.3) is 0 Å². The Bertz CT molecular complexity index is 462. The predicted molar refractivity (Wildman–Crippen MR) is 48.5 cm³/mol. The molecule has 0 aliphatic heterocycles. The molecule has 1 heterocycles. The van der Waals surface area contributed by atoms with Crippen molar-refractivity contribution in [3.05, 3.63) is 48.3 Å². The molecule has 0 radical (unpaired) electrons. The van der Waals surface area contributed by atoms with Gasteiger partial charge in [0, 0.05) is 18.5 Å². The number of ether oxygens (including phenoxy) is 1. The van der Waals surface area contributed by atoms with Gasteiger partial charge in [-0.3, -0.25) is 0 Å². The van der Waals surface area contributed by atoms with Crippen molar-refractivity contribution < 1.29 is 13.5 Å². The van der Waals surface area contributed by atoms with Gasteiger partial charge in [0.05, 0.1) is 0 Å². The number of nitrogens with zero attached hydrogens (tertiary/aromatic N) is 2. The monoisotopic (exact) mass is 208 g/mol. The quantitative estimate of drug-likeness (QED) is 0.760. The van der Waals surface area contributed by atoms with Crippen molar-refractivity contribution >= 4 is 0 Å². The van der Waals surface area contributed by atoms with Crippen LogP contribution in [0.3, 0.4) is 0 Å². The van der Waals surface area contributed by atoms with Gasteiger partial charge in [-0.15, -0.1) is 0 Å². The van der Waals surface area contributed by atoms with Crippen molar-refractivity contribution in [2.45, 2.75) is 0 Å². The Hall–Kier alpha value is -2.04. The highest BCUT2D eigenvalue weighted by Gasteiger charge is 2.04. The SMILES string of the molecule is Fc1ccc(Oc2ncccn2)cc1F. The molecule has 0 atom stereocenters. The normalized spacial score (nSPS) is 10.0. The predicted octanol–water partition coefficient (Wildman–Crippen LogP) is 2.55. The highest BCUT2D eigenvalue weighted by Crippen LogP contribution is 2.19. The lowest BCUT2D eigenvalue weighted by atomic mass is 10.3. The Morgan fingerprint density at radius 1 is 1.00 bits per heavy atom. The van der Waals surface area contributed by atoms with Crippen LogP contribution in [0.4, 0.5) is 8.78 Å². The first-order valence-electron chi connectivity index (χ1n) is 4.15. The first-order valence-corrected chi connectivity index (χ1v) is 4.15. The topological polar surface area (TPSA) is 35.0 Å². The highest BCUT2D eigenvalue weighted by atomic mass is 19.2. The number of halogens is 2. The molecule has 0 saturated heterocycles. The summed E-state index contributed by atoms with van der Waals surface area (Å²) in [7, 11) is 0. The van der Waals surface area contributed by atoms with Gasteiger partial charge in [0.2, 0.25) is 0 Å². The molecule has 0 saturated carbocycles. The Morgan fingerprint density at radius 3 is 2.40 bits per heavy atom. The lowest BCUT2D eigenvalue weighted by molar-refractivity contribution is 0.431. The van der Waals surface area contributed by atoms with Gasteiger partial charge in [-0.25, -0.2) is 18.7 Å². The molecule has 1 aromatic carbocycles. The van der Waals surface area contributed by atoms with E-state index in [0.29, 0.717) is 0 Å².